The highest BCUT2D eigenvalue weighted by Gasteiger charge is 2.06. The highest BCUT2D eigenvalue weighted by atomic mass is 32.1. The molecule has 2 heteroatoms. The number of hydrogen-bond donors (Lipinski definition) is 0. The van der Waals surface area contributed by atoms with Gasteiger partial charge in [-0.2, -0.15) is 0 Å². The second kappa shape index (κ2) is 4.46. The van der Waals surface area contributed by atoms with Crippen molar-refractivity contribution < 1.29 is 4.74 Å². The van der Waals surface area contributed by atoms with Gasteiger partial charge in [-0.15, -0.1) is 11.3 Å². The molecule has 0 bridgehead atoms. The minimum absolute atomic E-state index is 0.237. The predicted octanol–water partition coefficient (Wildman–Crippen LogP) is 4.81. The van der Waals surface area contributed by atoms with Crippen LogP contribution in [0.4, 0.5) is 0 Å². The molecule has 0 aliphatic rings. The van der Waals surface area contributed by atoms with Crippen molar-refractivity contribution in [2.24, 2.45) is 0 Å². The second-order valence-corrected chi connectivity index (χ2v) is 5.79. The third kappa shape index (κ3) is 2.38. The second-order valence-electron chi connectivity index (χ2n) is 4.67. The van der Waals surface area contributed by atoms with Crippen LogP contribution in [0.25, 0.3) is 10.1 Å². The zero-order valence-electron chi connectivity index (χ0n) is 10.3. The fraction of sp³-hybridized carbons (Fsp3) is 0.429. The number of hydrogen-bond acceptors (Lipinski definition) is 2. The van der Waals surface area contributed by atoms with Crippen LogP contribution in [0, 0.1) is 0 Å². The van der Waals surface area contributed by atoms with Gasteiger partial charge in [0.05, 0.1) is 6.10 Å². The molecule has 1 heterocycles. The lowest BCUT2D eigenvalue weighted by atomic mass is 10.1. The lowest BCUT2D eigenvalue weighted by Gasteiger charge is -2.08. The quantitative estimate of drug-likeness (QED) is 0.740. The van der Waals surface area contributed by atoms with Gasteiger partial charge in [-0.25, -0.2) is 0 Å². The molecule has 0 aliphatic carbocycles. The maximum absolute atomic E-state index is 5.70. The summed E-state index contributed by atoms with van der Waals surface area (Å²) in [6.07, 6.45) is 0.237. The molecule has 1 aromatic heterocycles. The molecule has 0 fully saturated rings. The van der Waals surface area contributed by atoms with Crippen LogP contribution in [0.1, 0.15) is 38.5 Å². The van der Waals surface area contributed by atoms with Crippen LogP contribution >= 0.6 is 11.3 Å². The summed E-state index contributed by atoms with van der Waals surface area (Å²) in [5.74, 6) is 1.57. The van der Waals surface area contributed by atoms with Gasteiger partial charge in [-0.1, -0.05) is 13.8 Å². The van der Waals surface area contributed by atoms with Gasteiger partial charge in [0.15, 0.2) is 0 Å². The van der Waals surface area contributed by atoms with Crippen molar-refractivity contribution in [2.75, 3.05) is 0 Å². The zero-order chi connectivity index (χ0) is 11.7. The molecule has 0 aliphatic heterocycles. The molecule has 0 spiro atoms. The minimum atomic E-state index is 0.237. The van der Waals surface area contributed by atoms with Gasteiger partial charge in [0.25, 0.3) is 0 Å². The van der Waals surface area contributed by atoms with Crippen LogP contribution < -0.4 is 4.74 Å². The Bertz CT molecular complexity index is 482. The first-order valence-corrected chi connectivity index (χ1v) is 6.58. The molecule has 0 atom stereocenters. The van der Waals surface area contributed by atoms with E-state index in [0.717, 1.165) is 5.75 Å². The molecule has 0 saturated carbocycles. The first kappa shape index (κ1) is 11.5. The molecule has 0 N–H and O–H groups in total. The summed E-state index contributed by atoms with van der Waals surface area (Å²) in [4.78, 5) is 1.44. The number of ether oxygens (including phenoxy) is 1. The van der Waals surface area contributed by atoms with Gasteiger partial charge in [0, 0.05) is 9.58 Å². The summed E-state index contributed by atoms with van der Waals surface area (Å²) in [6.45, 7) is 8.57. The van der Waals surface area contributed by atoms with Gasteiger partial charge < -0.3 is 4.74 Å². The Morgan fingerprint density at radius 1 is 1.06 bits per heavy atom. The Balaban J connectivity index is 2.38. The van der Waals surface area contributed by atoms with Gasteiger partial charge in [-0.05, 0) is 49.4 Å². The predicted molar refractivity (Wildman–Crippen MR) is 71.7 cm³/mol. The Hall–Kier alpha value is -1.02. The average molecular weight is 234 g/mol. The number of benzene rings is 1. The molecule has 1 nitrogen and oxygen atoms in total. The average Bonchev–Trinajstić information content (AvgIpc) is 2.59. The highest BCUT2D eigenvalue weighted by molar-refractivity contribution is 7.19. The molecular formula is C14H18OS. The van der Waals surface area contributed by atoms with Gasteiger partial charge in [0.2, 0.25) is 0 Å². The smallest absolute Gasteiger partial charge is 0.120 e. The summed E-state index contributed by atoms with van der Waals surface area (Å²) in [7, 11) is 0. The molecule has 1 aromatic carbocycles. The van der Waals surface area contributed by atoms with Gasteiger partial charge in [-0.3, -0.25) is 0 Å². The SMILES string of the molecule is CC(C)Oc1ccc2sc(C(C)C)cc2c1. The molecule has 16 heavy (non-hydrogen) atoms. The first-order valence-electron chi connectivity index (χ1n) is 5.76. The normalized spacial score (nSPS) is 11.6. The van der Waals surface area contributed by atoms with Crippen molar-refractivity contribution in [1.29, 1.82) is 0 Å². The maximum atomic E-state index is 5.70. The van der Waals surface area contributed by atoms with E-state index in [1.165, 1.54) is 15.0 Å². The van der Waals surface area contributed by atoms with Crippen LogP contribution in [-0.2, 0) is 0 Å². The van der Waals surface area contributed by atoms with Gasteiger partial charge >= 0.3 is 0 Å². The summed E-state index contributed by atoms with van der Waals surface area (Å²) >= 11 is 1.88. The molecule has 0 radical (unpaired) electrons. The Morgan fingerprint density at radius 3 is 2.44 bits per heavy atom. The Kier molecular flexibility index (Phi) is 3.20. The fourth-order valence-electron chi connectivity index (χ4n) is 1.67. The van der Waals surface area contributed by atoms with Gasteiger partial charge in [0.1, 0.15) is 5.75 Å². The van der Waals surface area contributed by atoms with Crippen molar-refractivity contribution in [3.05, 3.63) is 29.1 Å². The number of rotatable bonds is 3. The monoisotopic (exact) mass is 234 g/mol. The lowest BCUT2D eigenvalue weighted by molar-refractivity contribution is 0.243. The number of thiophene rings is 1. The minimum Gasteiger partial charge on any atom is -0.491 e. The van der Waals surface area contributed by atoms with Crippen molar-refractivity contribution >= 4 is 21.4 Å². The van der Waals surface area contributed by atoms with E-state index in [4.69, 9.17) is 4.74 Å². The maximum Gasteiger partial charge on any atom is 0.120 e. The van der Waals surface area contributed by atoms with Crippen LogP contribution in [0.15, 0.2) is 24.3 Å². The van der Waals surface area contributed by atoms with E-state index in [2.05, 4.69) is 52.0 Å². The van der Waals surface area contributed by atoms with Crippen LogP contribution in [0.3, 0.4) is 0 Å². The zero-order valence-corrected chi connectivity index (χ0v) is 11.1. The molecule has 2 rings (SSSR count). The van der Waals surface area contributed by atoms with E-state index >= 15 is 0 Å². The van der Waals surface area contributed by atoms with Crippen molar-refractivity contribution in [3.8, 4) is 5.75 Å². The molecule has 0 unspecified atom stereocenters. The molecule has 0 saturated heterocycles. The molecule has 86 valence electrons. The summed E-state index contributed by atoms with van der Waals surface area (Å²) in [5, 5.41) is 1.30. The largest absolute Gasteiger partial charge is 0.491 e. The summed E-state index contributed by atoms with van der Waals surface area (Å²) in [5.41, 5.74) is 0. The molecule has 2 aromatic rings. The summed E-state index contributed by atoms with van der Waals surface area (Å²) < 4.78 is 7.04. The van der Waals surface area contributed by atoms with E-state index in [-0.39, 0.29) is 6.10 Å². The van der Waals surface area contributed by atoms with E-state index in [9.17, 15) is 0 Å². The van der Waals surface area contributed by atoms with E-state index in [0.29, 0.717) is 5.92 Å². The number of fused-ring (bicyclic) bond motifs is 1. The molecular weight excluding hydrogens is 216 g/mol. The van der Waals surface area contributed by atoms with E-state index in [1.54, 1.807) is 0 Å². The van der Waals surface area contributed by atoms with E-state index < -0.39 is 0 Å². The van der Waals surface area contributed by atoms with Crippen molar-refractivity contribution in [2.45, 2.75) is 39.7 Å². The first-order chi connectivity index (χ1) is 7.56. The van der Waals surface area contributed by atoms with E-state index in [1.807, 2.05) is 11.3 Å². The van der Waals surface area contributed by atoms with Crippen LogP contribution in [-0.4, -0.2) is 6.10 Å². The fourth-order valence-corrected chi connectivity index (χ4v) is 2.72. The standard InChI is InChI=1S/C14H18OS/c1-9(2)14-8-11-7-12(15-10(3)4)5-6-13(11)16-14/h5-10H,1-4H3. The highest BCUT2D eigenvalue weighted by Crippen LogP contribution is 2.32. The lowest BCUT2D eigenvalue weighted by Crippen LogP contribution is -2.04. The van der Waals surface area contributed by atoms with Crippen LogP contribution in [0.2, 0.25) is 0 Å². The third-order valence-corrected chi connectivity index (χ3v) is 3.86. The third-order valence-electron chi connectivity index (χ3n) is 2.45. The van der Waals surface area contributed by atoms with Crippen LogP contribution in [0.5, 0.6) is 5.75 Å². The van der Waals surface area contributed by atoms with Crippen molar-refractivity contribution in [3.63, 3.8) is 0 Å². The topological polar surface area (TPSA) is 9.23 Å². The van der Waals surface area contributed by atoms with Crippen molar-refractivity contribution in [1.82, 2.24) is 0 Å². The Morgan fingerprint density at radius 2 is 1.81 bits per heavy atom. The summed E-state index contributed by atoms with van der Waals surface area (Å²) in [6, 6.07) is 8.63. The molecule has 0 amide bonds. The Labute approximate surface area is 101 Å².